The van der Waals surface area contributed by atoms with E-state index in [0.29, 0.717) is 13.1 Å². The average Bonchev–Trinajstić information content (AvgIpc) is 2.33. The Morgan fingerprint density at radius 2 is 1.71 bits per heavy atom. The van der Waals surface area contributed by atoms with Gasteiger partial charge >= 0.3 is 6.09 Å². The summed E-state index contributed by atoms with van der Waals surface area (Å²) >= 11 is 0. The number of phenolic OH excluding ortho intramolecular Hbond substituents is 1. The smallest absolute Gasteiger partial charge is 0.407 e. The van der Waals surface area contributed by atoms with Gasteiger partial charge in [0, 0.05) is 32.7 Å². The Labute approximate surface area is 99.9 Å². The third kappa shape index (κ3) is 3.10. The quantitative estimate of drug-likeness (QED) is 0.809. The number of rotatable bonds is 2. The van der Waals surface area contributed by atoms with Crippen LogP contribution in [0.4, 0.5) is 4.79 Å². The molecule has 2 N–H and O–H groups in total. The predicted octanol–water partition coefficient (Wildman–Crippen LogP) is 1.19. The molecule has 1 aromatic carbocycles. The van der Waals surface area contributed by atoms with Crippen LogP contribution in [-0.4, -0.2) is 52.3 Å². The van der Waals surface area contributed by atoms with Gasteiger partial charge in [-0.2, -0.15) is 0 Å². The standard InChI is InChI=1S/C12H16N2O3/c15-11-3-1-10(2-4-11)9-13-5-7-14(8-6-13)12(16)17/h1-4,15H,5-9H2,(H,16,17). The minimum Gasteiger partial charge on any atom is -0.508 e. The molecular formula is C12H16N2O3. The average molecular weight is 236 g/mol. The summed E-state index contributed by atoms with van der Waals surface area (Å²) in [5, 5.41) is 18.0. The Kier molecular flexibility index (Phi) is 3.49. The number of carbonyl (C=O) groups is 1. The molecule has 0 radical (unpaired) electrons. The predicted molar refractivity (Wildman–Crippen MR) is 63.0 cm³/mol. The van der Waals surface area contributed by atoms with Crippen LogP contribution in [0.5, 0.6) is 5.75 Å². The van der Waals surface area contributed by atoms with Crippen LogP contribution in [-0.2, 0) is 6.54 Å². The molecule has 2 rings (SSSR count). The molecule has 0 bridgehead atoms. The summed E-state index contributed by atoms with van der Waals surface area (Å²) in [4.78, 5) is 14.4. The highest BCUT2D eigenvalue weighted by molar-refractivity contribution is 5.65. The molecule has 1 aliphatic rings. The van der Waals surface area contributed by atoms with Crippen LogP contribution in [0.25, 0.3) is 0 Å². The second-order valence-corrected chi connectivity index (χ2v) is 4.21. The molecule has 0 unspecified atom stereocenters. The number of nitrogens with zero attached hydrogens (tertiary/aromatic N) is 2. The van der Waals surface area contributed by atoms with Crippen LogP contribution in [0.1, 0.15) is 5.56 Å². The van der Waals surface area contributed by atoms with E-state index < -0.39 is 6.09 Å². The first kappa shape index (κ1) is 11.7. The maximum Gasteiger partial charge on any atom is 0.407 e. The molecular weight excluding hydrogens is 220 g/mol. The number of phenols is 1. The summed E-state index contributed by atoms with van der Waals surface area (Å²) < 4.78 is 0. The fourth-order valence-electron chi connectivity index (χ4n) is 1.96. The van der Waals surface area contributed by atoms with Gasteiger partial charge in [-0.05, 0) is 17.7 Å². The van der Waals surface area contributed by atoms with E-state index in [2.05, 4.69) is 4.90 Å². The van der Waals surface area contributed by atoms with Crippen molar-refractivity contribution >= 4 is 6.09 Å². The Bertz CT molecular complexity index is 383. The van der Waals surface area contributed by atoms with Crippen LogP contribution in [0.2, 0.25) is 0 Å². The summed E-state index contributed by atoms with van der Waals surface area (Å²) in [7, 11) is 0. The first-order valence-electron chi connectivity index (χ1n) is 5.63. The molecule has 1 fully saturated rings. The molecule has 1 aromatic rings. The van der Waals surface area contributed by atoms with Gasteiger partial charge in [-0.25, -0.2) is 4.79 Å². The van der Waals surface area contributed by atoms with E-state index >= 15 is 0 Å². The van der Waals surface area contributed by atoms with Gasteiger partial charge in [-0.15, -0.1) is 0 Å². The van der Waals surface area contributed by atoms with E-state index in [4.69, 9.17) is 5.11 Å². The van der Waals surface area contributed by atoms with Crippen LogP contribution in [0, 0.1) is 0 Å². The van der Waals surface area contributed by atoms with Crippen molar-refractivity contribution in [3.63, 3.8) is 0 Å². The molecule has 0 aliphatic carbocycles. The number of benzene rings is 1. The van der Waals surface area contributed by atoms with Crippen LogP contribution >= 0.6 is 0 Å². The molecule has 1 heterocycles. The minimum absolute atomic E-state index is 0.268. The first-order chi connectivity index (χ1) is 8.15. The van der Waals surface area contributed by atoms with Gasteiger partial charge in [0.1, 0.15) is 5.75 Å². The lowest BCUT2D eigenvalue weighted by molar-refractivity contribution is 0.103. The summed E-state index contributed by atoms with van der Waals surface area (Å²) in [6.45, 7) is 3.44. The molecule has 0 spiro atoms. The molecule has 5 nitrogen and oxygen atoms in total. The van der Waals surface area contributed by atoms with Crippen LogP contribution < -0.4 is 0 Å². The van der Waals surface area contributed by atoms with Crippen molar-refractivity contribution in [2.75, 3.05) is 26.2 Å². The van der Waals surface area contributed by atoms with Crippen LogP contribution in [0.15, 0.2) is 24.3 Å². The minimum atomic E-state index is -0.839. The largest absolute Gasteiger partial charge is 0.508 e. The van der Waals surface area contributed by atoms with E-state index in [0.717, 1.165) is 25.2 Å². The highest BCUT2D eigenvalue weighted by atomic mass is 16.4. The molecule has 0 saturated carbocycles. The maximum absolute atomic E-state index is 10.7. The summed E-state index contributed by atoms with van der Waals surface area (Å²) in [5.41, 5.74) is 1.13. The van der Waals surface area contributed by atoms with E-state index in [9.17, 15) is 9.90 Å². The number of piperazine rings is 1. The van der Waals surface area contributed by atoms with E-state index in [1.54, 1.807) is 12.1 Å². The van der Waals surface area contributed by atoms with Gasteiger partial charge in [0.15, 0.2) is 0 Å². The SMILES string of the molecule is O=C(O)N1CCN(Cc2ccc(O)cc2)CC1. The Balaban J connectivity index is 1.85. The second kappa shape index (κ2) is 5.05. The summed E-state index contributed by atoms with van der Waals surface area (Å²) in [6.07, 6.45) is -0.839. The van der Waals surface area contributed by atoms with Crippen molar-refractivity contribution in [3.8, 4) is 5.75 Å². The number of hydrogen-bond acceptors (Lipinski definition) is 3. The Hall–Kier alpha value is -1.75. The number of hydrogen-bond donors (Lipinski definition) is 2. The number of aromatic hydroxyl groups is 1. The topological polar surface area (TPSA) is 64.0 Å². The van der Waals surface area contributed by atoms with Crippen molar-refractivity contribution < 1.29 is 15.0 Å². The second-order valence-electron chi connectivity index (χ2n) is 4.21. The van der Waals surface area contributed by atoms with Crippen molar-refractivity contribution in [1.29, 1.82) is 0 Å². The van der Waals surface area contributed by atoms with Crippen molar-refractivity contribution in [3.05, 3.63) is 29.8 Å². The molecule has 92 valence electrons. The molecule has 1 aliphatic heterocycles. The zero-order valence-corrected chi connectivity index (χ0v) is 9.54. The van der Waals surface area contributed by atoms with Gasteiger partial charge in [-0.3, -0.25) is 4.90 Å². The zero-order valence-electron chi connectivity index (χ0n) is 9.54. The lowest BCUT2D eigenvalue weighted by Gasteiger charge is -2.33. The molecule has 17 heavy (non-hydrogen) atoms. The van der Waals surface area contributed by atoms with Crippen LogP contribution in [0.3, 0.4) is 0 Å². The maximum atomic E-state index is 10.7. The van der Waals surface area contributed by atoms with Crippen molar-refractivity contribution in [2.45, 2.75) is 6.54 Å². The highest BCUT2D eigenvalue weighted by Crippen LogP contribution is 2.13. The molecule has 5 heteroatoms. The highest BCUT2D eigenvalue weighted by Gasteiger charge is 2.19. The zero-order chi connectivity index (χ0) is 12.3. The van der Waals surface area contributed by atoms with Gasteiger partial charge in [0.05, 0.1) is 0 Å². The van der Waals surface area contributed by atoms with E-state index in [-0.39, 0.29) is 5.75 Å². The Morgan fingerprint density at radius 3 is 2.24 bits per heavy atom. The fourth-order valence-corrected chi connectivity index (χ4v) is 1.96. The normalized spacial score (nSPS) is 17.1. The molecule has 1 amide bonds. The monoisotopic (exact) mass is 236 g/mol. The van der Waals surface area contributed by atoms with Gasteiger partial charge in [-0.1, -0.05) is 12.1 Å². The Morgan fingerprint density at radius 1 is 1.12 bits per heavy atom. The van der Waals surface area contributed by atoms with Gasteiger partial charge in [0.2, 0.25) is 0 Å². The lowest BCUT2D eigenvalue weighted by atomic mass is 10.2. The number of amides is 1. The number of carboxylic acid groups (broad SMARTS) is 1. The third-order valence-corrected chi connectivity index (χ3v) is 2.99. The van der Waals surface area contributed by atoms with Gasteiger partial charge in [0.25, 0.3) is 0 Å². The molecule has 1 saturated heterocycles. The van der Waals surface area contributed by atoms with Crippen molar-refractivity contribution in [1.82, 2.24) is 9.80 Å². The third-order valence-electron chi connectivity index (χ3n) is 2.99. The van der Waals surface area contributed by atoms with E-state index in [1.165, 1.54) is 4.90 Å². The first-order valence-corrected chi connectivity index (χ1v) is 5.63. The lowest BCUT2D eigenvalue weighted by Crippen LogP contribution is -2.47. The van der Waals surface area contributed by atoms with Crippen molar-refractivity contribution in [2.24, 2.45) is 0 Å². The van der Waals surface area contributed by atoms with Gasteiger partial charge < -0.3 is 15.1 Å². The molecule has 0 aromatic heterocycles. The molecule has 0 atom stereocenters. The fraction of sp³-hybridized carbons (Fsp3) is 0.417. The summed E-state index contributed by atoms with van der Waals surface area (Å²) in [5.74, 6) is 0.268. The van der Waals surface area contributed by atoms with E-state index in [1.807, 2.05) is 12.1 Å². The summed E-state index contributed by atoms with van der Waals surface area (Å²) in [6, 6.07) is 7.11.